The summed E-state index contributed by atoms with van der Waals surface area (Å²) < 4.78 is 45.5. The van der Waals surface area contributed by atoms with Gasteiger partial charge < -0.3 is 5.32 Å². The summed E-state index contributed by atoms with van der Waals surface area (Å²) in [6.07, 6.45) is 10.9. The van der Waals surface area contributed by atoms with Gasteiger partial charge in [0, 0.05) is 47.6 Å². The first kappa shape index (κ1) is 23.3. The van der Waals surface area contributed by atoms with Gasteiger partial charge in [-0.25, -0.2) is 17.5 Å². The van der Waals surface area contributed by atoms with Crippen LogP contribution in [-0.2, 0) is 23.5 Å². The zero-order valence-corrected chi connectivity index (χ0v) is 21.4. The van der Waals surface area contributed by atoms with Crippen molar-refractivity contribution in [1.82, 2.24) is 24.5 Å². The van der Waals surface area contributed by atoms with Crippen molar-refractivity contribution in [2.75, 3.05) is 11.9 Å². The third-order valence-electron chi connectivity index (χ3n) is 7.18. The topological polar surface area (TPSA) is 102 Å². The van der Waals surface area contributed by atoms with Gasteiger partial charge in [0.25, 0.3) is 0 Å². The minimum atomic E-state index is -3.96. The van der Waals surface area contributed by atoms with Gasteiger partial charge in [-0.1, -0.05) is 0 Å². The lowest BCUT2D eigenvalue weighted by Crippen LogP contribution is -2.35. The first-order valence-electron chi connectivity index (χ1n) is 12.3. The van der Waals surface area contributed by atoms with Crippen LogP contribution in [0.2, 0.25) is 0 Å². The Labute approximate surface area is 209 Å². The third kappa shape index (κ3) is 4.12. The summed E-state index contributed by atoms with van der Waals surface area (Å²) >= 11 is 0. The fraction of sp³-hybridized carbons (Fsp3) is 0.423. The molecule has 2 aliphatic rings. The van der Waals surface area contributed by atoms with Gasteiger partial charge in [-0.05, 0) is 62.8 Å². The normalized spacial score (nSPS) is 18.2. The van der Waals surface area contributed by atoms with Crippen LogP contribution in [0.3, 0.4) is 0 Å². The molecule has 10 heteroatoms. The van der Waals surface area contributed by atoms with Gasteiger partial charge in [0.15, 0.2) is 0 Å². The van der Waals surface area contributed by atoms with Crippen molar-refractivity contribution in [1.29, 1.82) is 0 Å². The largest absolute Gasteiger partial charge is 0.376 e. The Bertz CT molecular complexity index is 1600. The zero-order chi connectivity index (χ0) is 25.2. The Hall–Kier alpha value is -3.11. The van der Waals surface area contributed by atoms with E-state index < -0.39 is 15.7 Å². The maximum Gasteiger partial charge on any atom is 0.241 e. The molecule has 188 valence electrons. The summed E-state index contributed by atoms with van der Waals surface area (Å²) in [5.41, 5.74) is 3.04. The molecule has 4 aromatic rings. The summed E-state index contributed by atoms with van der Waals surface area (Å²) in [6, 6.07) is 3.58. The number of rotatable bonds is 7. The quantitative estimate of drug-likeness (QED) is 0.381. The molecule has 0 radical (unpaired) electrons. The van der Waals surface area contributed by atoms with Crippen LogP contribution in [0.25, 0.3) is 21.7 Å². The number of benzene rings is 1. The molecule has 0 saturated heterocycles. The van der Waals surface area contributed by atoms with Crippen LogP contribution < -0.4 is 10.0 Å². The van der Waals surface area contributed by atoms with Crippen molar-refractivity contribution in [3.8, 4) is 0 Å². The summed E-state index contributed by atoms with van der Waals surface area (Å²) in [7, 11) is -2.09. The van der Waals surface area contributed by atoms with E-state index in [1.165, 1.54) is 13.8 Å². The predicted octanol–water partition coefficient (Wildman–Crippen LogP) is 4.52. The average Bonchev–Trinajstić information content (AvgIpc) is 3.51. The molecule has 1 saturated carbocycles. The summed E-state index contributed by atoms with van der Waals surface area (Å²) in [6.45, 7) is 2.42. The van der Waals surface area contributed by atoms with Crippen LogP contribution in [0.5, 0.6) is 0 Å². The lowest BCUT2D eigenvalue weighted by atomic mass is 10.00. The summed E-state index contributed by atoms with van der Waals surface area (Å²) in [5, 5.41) is 10.4. The van der Waals surface area contributed by atoms with Crippen molar-refractivity contribution in [3.63, 3.8) is 0 Å². The molecule has 1 fully saturated rings. The smallest absolute Gasteiger partial charge is 0.241 e. The van der Waals surface area contributed by atoms with E-state index >= 15 is 0 Å². The second kappa shape index (κ2) is 8.21. The number of sulfonamides is 1. The van der Waals surface area contributed by atoms with Crippen LogP contribution in [-0.4, -0.2) is 40.4 Å². The fourth-order valence-corrected chi connectivity index (χ4v) is 6.52. The van der Waals surface area contributed by atoms with Crippen LogP contribution in [0.15, 0.2) is 41.8 Å². The van der Waals surface area contributed by atoms with Gasteiger partial charge in [0.2, 0.25) is 10.0 Å². The molecule has 2 aliphatic carbocycles. The number of hydrogen-bond donors (Lipinski definition) is 2. The summed E-state index contributed by atoms with van der Waals surface area (Å²) in [4.78, 5) is 9.22. The maximum atomic E-state index is 14.2. The molecule has 36 heavy (non-hydrogen) atoms. The molecular formula is C26H29FN6O2S. The van der Waals surface area contributed by atoms with Crippen LogP contribution >= 0.6 is 0 Å². The van der Waals surface area contributed by atoms with Gasteiger partial charge in [-0.2, -0.15) is 5.10 Å². The van der Waals surface area contributed by atoms with E-state index in [0.717, 1.165) is 64.5 Å². The first-order chi connectivity index (χ1) is 17.1. The highest BCUT2D eigenvalue weighted by atomic mass is 32.2. The van der Waals surface area contributed by atoms with Crippen molar-refractivity contribution in [3.05, 3.63) is 53.7 Å². The van der Waals surface area contributed by atoms with E-state index in [1.807, 2.05) is 19.3 Å². The minimum absolute atomic E-state index is 0.105. The highest BCUT2D eigenvalue weighted by Gasteiger charge is 2.32. The number of aryl methyl sites for hydroxylation is 2. The molecule has 0 bridgehead atoms. The molecule has 1 atom stereocenters. The monoisotopic (exact) mass is 508 g/mol. The number of nitrogens with one attached hydrogen (secondary N) is 2. The number of halogens is 1. The molecule has 8 nitrogen and oxygen atoms in total. The first-order valence-corrected chi connectivity index (χ1v) is 13.8. The molecule has 0 spiro atoms. The second-order valence-electron chi connectivity index (χ2n) is 10.5. The molecule has 1 aromatic carbocycles. The Morgan fingerprint density at radius 2 is 1.89 bits per heavy atom. The molecule has 3 aromatic heterocycles. The molecule has 3 heterocycles. The van der Waals surface area contributed by atoms with Crippen molar-refractivity contribution in [2.24, 2.45) is 7.05 Å². The molecule has 2 N–H and O–H groups in total. The second-order valence-corrected chi connectivity index (χ2v) is 12.3. The van der Waals surface area contributed by atoms with Gasteiger partial charge in [-0.3, -0.25) is 14.6 Å². The number of hydrogen-bond acceptors (Lipinski definition) is 6. The van der Waals surface area contributed by atoms with E-state index in [4.69, 9.17) is 4.98 Å². The lowest BCUT2D eigenvalue weighted by molar-refractivity contribution is 0.221. The van der Waals surface area contributed by atoms with Gasteiger partial charge in [0.1, 0.15) is 5.67 Å². The van der Waals surface area contributed by atoms with Crippen molar-refractivity contribution >= 4 is 37.4 Å². The van der Waals surface area contributed by atoms with Crippen molar-refractivity contribution in [2.45, 2.75) is 62.1 Å². The van der Waals surface area contributed by atoms with Gasteiger partial charge in [0.05, 0.1) is 40.7 Å². The highest BCUT2D eigenvalue weighted by Crippen LogP contribution is 2.44. The number of fused-ring (bicyclic) bond motifs is 4. The lowest BCUT2D eigenvalue weighted by Gasteiger charge is -2.20. The molecule has 6 rings (SSSR count). The molecule has 0 aliphatic heterocycles. The van der Waals surface area contributed by atoms with E-state index in [2.05, 4.69) is 20.1 Å². The Balaban J connectivity index is 1.46. The Kier molecular flexibility index (Phi) is 5.31. The molecule has 0 amide bonds. The van der Waals surface area contributed by atoms with Gasteiger partial charge in [-0.15, -0.1) is 0 Å². The maximum absolute atomic E-state index is 14.2. The summed E-state index contributed by atoms with van der Waals surface area (Å²) in [5.74, 6) is 0.387. The number of alkyl halides is 1. The molecule has 1 unspecified atom stereocenters. The van der Waals surface area contributed by atoms with E-state index in [9.17, 15) is 12.8 Å². The van der Waals surface area contributed by atoms with Crippen LogP contribution in [0.1, 0.15) is 61.9 Å². The minimum Gasteiger partial charge on any atom is -0.376 e. The number of aromatic nitrogens is 4. The fourth-order valence-electron chi connectivity index (χ4n) is 5.09. The Morgan fingerprint density at radius 3 is 2.64 bits per heavy atom. The van der Waals surface area contributed by atoms with E-state index in [-0.39, 0.29) is 17.5 Å². The van der Waals surface area contributed by atoms with Crippen molar-refractivity contribution < 1.29 is 12.8 Å². The predicted molar refractivity (Wildman–Crippen MR) is 137 cm³/mol. The van der Waals surface area contributed by atoms with Gasteiger partial charge >= 0.3 is 0 Å². The van der Waals surface area contributed by atoms with E-state index in [1.54, 1.807) is 29.3 Å². The SMILES string of the molecule is Cn1ncc2c(NC3CCc4c3cc(S(=O)(=O)NCC(C)(C)F)c3cc(C5CC5)ncc43)cncc21. The standard InChI is InChI=1S/C26H29FN6O2S/c1-26(2,27)14-31-36(34,35)25-9-17-16(19-10-29-22(8-18(19)25)15-4-5-15)6-7-21(17)32-23-12-28-13-24-20(23)11-30-33(24)3/h8-13,15,21,31-32H,4-7,14H2,1-3H3. The van der Waals surface area contributed by atoms with E-state index in [0.29, 0.717) is 11.3 Å². The van der Waals surface area contributed by atoms with Crippen LogP contribution in [0.4, 0.5) is 10.1 Å². The molecular weight excluding hydrogens is 479 g/mol. The number of pyridine rings is 2. The number of anilines is 1. The Morgan fingerprint density at radius 1 is 1.08 bits per heavy atom. The average molecular weight is 509 g/mol. The number of nitrogens with zero attached hydrogens (tertiary/aromatic N) is 4. The third-order valence-corrected chi connectivity index (χ3v) is 8.62. The zero-order valence-electron chi connectivity index (χ0n) is 20.5. The van der Waals surface area contributed by atoms with Crippen LogP contribution in [0, 0.1) is 0 Å². The highest BCUT2D eigenvalue weighted by molar-refractivity contribution is 7.89.